The molecule has 4 fully saturated rings. The van der Waals surface area contributed by atoms with E-state index in [0.717, 1.165) is 0 Å². The van der Waals surface area contributed by atoms with Gasteiger partial charge in [0.05, 0.1) is 22.6 Å². The van der Waals surface area contributed by atoms with Gasteiger partial charge in [0, 0.05) is 34.5 Å². The van der Waals surface area contributed by atoms with Crippen LogP contribution in [0.4, 0.5) is 0 Å². The maximum absolute atomic E-state index is 12.9. The summed E-state index contributed by atoms with van der Waals surface area (Å²) in [5, 5.41) is 21.2. The van der Waals surface area contributed by atoms with E-state index in [1.807, 2.05) is 6.92 Å². The Morgan fingerprint density at radius 3 is 2.63 bits per heavy atom. The smallest absolute Gasteiger partial charge is 0.331 e. The number of hydrogen-bond donors (Lipinski definition) is 2. The lowest BCUT2D eigenvalue weighted by atomic mass is 9.46. The minimum Gasteiger partial charge on any atom is -0.459 e. The van der Waals surface area contributed by atoms with E-state index in [1.54, 1.807) is 6.92 Å². The zero-order chi connectivity index (χ0) is 22.0. The van der Waals surface area contributed by atoms with Crippen LogP contribution in [-0.4, -0.2) is 79.4 Å². The van der Waals surface area contributed by atoms with Crippen LogP contribution in [0.25, 0.3) is 0 Å². The summed E-state index contributed by atoms with van der Waals surface area (Å²) in [6.45, 7) is 5.03. The third-order valence-corrected chi connectivity index (χ3v) is 9.27. The van der Waals surface area contributed by atoms with E-state index in [1.165, 1.54) is 19.3 Å². The number of ether oxygens (including phenoxy) is 3. The van der Waals surface area contributed by atoms with Crippen LogP contribution in [0.2, 0.25) is 0 Å². The number of esters is 2. The summed E-state index contributed by atoms with van der Waals surface area (Å²) in [6, 6.07) is 0. The zero-order valence-corrected chi connectivity index (χ0v) is 18.7. The topological polar surface area (TPSA) is 123 Å². The van der Waals surface area contributed by atoms with Crippen molar-refractivity contribution in [1.82, 2.24) is 0 Å². The quantitative estimate of drug-likeness (QED) is 0.344. The third kappa shape index (κ3) is 2.25. The highest BCUT2D eigenvalue weighted by atomic mass is 35.5. The van der Waals surface area contributed by atoms with Crippen molar-refractivity contribution in [3.05, 3.63) is 11.6 Å². The standard InChI is InChI=1S/C20H25ClO8S/c1-17-6-8(21)13(23)19(3)12(17)11(28-16(19)24)14-20(29-14)9(17)5-10(22)27-15(20)18(2,25)7-30(4)26/h5,8,11-15,23,25H,6-7H2,1-4H3/t8-,11+,12-,13+,14-,15-,17-,18+,19-,20+,30+/m1/s1. The van der Waals surface area contributed by atoms with Crippen LogP contribution >= 0.6 is 11.6 Å². The summed E-state index contributed by atoms with van der Waals surface area (Å²) in [7, 11) is -1.36. The van der Waals surface area contributed by atoms with Crippen LogP contribution in [0.15, 0.2) is 11.6 Å². The SMILES string of the molecule is C[S@](=O)C[C@](C)(O)[C@H]1OC(=O)C=C2[C@@]13O[C@@H]3[C@H]1OC(=O)[C@@]3(C)[C@@H](O)[C@H](Cl)C[C@@]2(C)[C@@H]13. The zero-order valence-electron chi connectivity index (χ0n) is 17.1. The highest BCUT2D eigenvalue weighted by Crippen LogP contribution is 2.73. The molecule has 3 heterocycles. The number of epoxide rings is 1. The normalized spacial score (nSPS) is 53.9. The van der Waals surface area contributed by atoms with Gasteiger partial charge < -0.3 is 24.4 Å². The van der Waals surface area contributed by atoms with Gasteiger partial charge in [-0.05, 0) is 25.8 Å². The second-order valence-electron chi connectivity index (χ2n) is 9.99. The molecule has 2 aliphatic carbocycles. The number of rotatable bonds is 3. The molecule has 3 aliphatic heterocycles. The fourth-order valence-electron chi connectivity index (χ4n) is 6.86. The summed E-state index contributed by atoms with van der Waals surface area (Å²) < 4.78 is 29.3. The summed E-state index contributed by atoms with van der Waals surface area (Å²) in [6.07, 6.45) is -0.395. The molecule has 1 spiro atoms. The van der Waals surface area contributed by atoms with Crippen molar-refractivity contribution in [1.29, 1.82) is 0 Å². The number of cyclic esters (lactones) is 1. The van der Waals surface area contributed by atoms with Gasteiger partial charge in [-0.3, -0.25) is 9.00 Å². The second kappa shape index (κ2) is 5.86. The average Bonchev–Trinajstić information content (AvgIpc) is 3.27. The molecule has 0 amide bonds. The van der Waals surface area contributed by atoms with E-state index in [0.29, 0.717) is 12.0 Å². The number of alkyl halides is 1. The van der Waals surface area contributed by atoms with E-state index in [2.05, 4.69) is 0 Å². The fraction of sp³-hybridized carbons (Fsp3) is 0.800. The molecule has 0 unspecified atom stereocenters. The van der Waals surface area contributed by atoms with Crippen LogP contribution in [-0.2, 0) is 34.6 Å². The maximum Gasteiger partial charge on any atom is 0.331 e. The molecule has 0 aromatic carbocycles. The Kier molecular flexibility index (Phi) is 4.08. The molecule has 2 saturated heterocycles. The Bertz CT molecular complexity index is 918. The first kappa shape index (κ1) is 20.9. The van der Waals surface area contributed by atoms with Gasteiger partial charge in [0.15, 0.2) is 11.7 Å². The van der Waals surface area contributed by atoms with E-state index in [4.69, 9.17) is 25.8 Å². The Labute approximate surface area is 181 Å². The summed E-state index contributed by atoms with van der Waals surface area (Å²) in [4.78, 5) is 25.5. The molecule has 0 radical (unpaired) electrons. The number of carbonyl (C=O) groups excluding carboxylic acids is 2. The molecule has 0 bridgehead atoms. The third-order valence-electron chi connectivity index (χ3n) is 7.89. The monoisotopic (exact) mass is 460 g/mol. The Hall–Kier alpha value is -1.00. The lowest BCUT2D eigenvalue weighted by molar-refractivity contribution is -0.170. The average molecular weight is 461 g/mol. The molecular weight excluding hydrogens is 436 g/mol. The number of halogens is 1. The van der Waals surface area contributed by atoms with Gasteiger partial charge in [-0.1, -0.05) is 6.92 Å². The highest BCUT2D eigenvalue weighted by molar-refractivity contribution is 7.84. The van der Waals surface area contributed by atoms with Crippen molar-refractivity contribution < 1.29 is 38.2 Å². The first-order valence-corrected chi connectivity index (χ1v) is 12.1. The van der Waals surface area contributed by atoms with Gasteiger partial charge in [-0.2, -0.15) is 0 Å². The van der Waals surface area contributed by atoms with E-state index in [-0.39, 0.29) is 5.75 Å². The minimum atomic E-state index is -1.63. The number of aliphatic hydroxyl groups excluding tert-OH is 1. The molecule has 166 valence electrons. The predicted octanol–water partition coefficient (Wildman–Crippen LogP) is 0.0451. The minimum absolute atomic E-state index is 0.116. The Balaban J connectivity index is 1.68. The number of carbonyl (C=O) groups is 2. The predicted molar refractivity (Wildman–Crippen MR) is 105 cm³/mol. The largest absolute Gasteiger partial charge is 0.459 e. The van der Waals surface area contributed by atoms with Gasteiger partial charge in [-0.25, -0.2) is 4.79 Å². The maximum atomic E-state index is 12.9. The van der Waals surface area contributed by atoms with Gasteiger partial charge in [-0.15, -0.1) is 11.6 Å². The van der Waals surface area contributed by atoms with E-state index in [9.17, 15) is 24.0 Å². The van der Waals surface area contributed by atoms with Crippen molar-refractivity contribution in [2.24, 2.45) is 16.7 Å². The van der Waals surface area contributed by atoms with Crippen LogP contribution in [0.3, 0.4) is 0 Å². The lowest BCUT2D eigenvalue weighted by Crippen LogP contribution is -2.67. The van der Waals surface area contributed by atoms with Crippen molar-refractivity contribution in [2.75, 3.05) is 12.0 Å². The number of hydrogen-bond acceptors (Lipinski definition) is 8. The Morgan fingerprint density at radius 2 is 2.00 bits per heavy atom. The lowest BCUT2D eigenvalue weighted by Gasteiger charge is -2.57. The molecule has 2 saturated carbocycles. The first-order valence-electron chi connectivity index (χ1n) is 9.97. The van der Waals surface area contributed by atoms with Crippen LogP contribution in [0, 0.1) is 16.7 Å². The second-order valence-corrected chi connectivity index (χ2v) is 12.0. The molecular formula is C20H25ClO8S. The van der Waals surface area contributed by atoms with Crippen LogP contribution < -0.4 is 0 Å². The van der Waals surface area contributed by atoms with Gasteiger partial charge in [0.1, 0.15) is 17.8 Å². The fourth-order valence-corrected chi connectivity index (χ4v) is 8.42. The van der Waals surface area contributed by atoms with E-state index >= 15 is 0 Å². The van der Waals surface area contributed by atoms with Gasteiger partial charge in [0.2, 0.25) is 0 Å². The van der Waals surface area contributed by atoms with E-state index < -0.39 is 80.5 Å². The molecule has 30 heavy (non-hydrogen) atoms. The number of fused-ring (bicyclic) bond motifs is 2. The molecule has 2 N–H and O–H groups in total. The van der Waals surface area contributed by atoms with Crippen molar-refractivity contribution in [2.45, 2.75) is 68.2 Å². The molecule has 8 nitrogen and oxygen atoms in total. The molecule has 5 rings (SSSR count). The molecule has 0 aromatic rings. The Morgan fingerprint density at radius 1 is 1.33 bits per heavy atom. The summed E-state index contributed by atoms with van der Waals surface area (Å²) in [5.41, 5.74) is -4.26. The number of aliphatic hydroxyl groups is 2. The molecule has 11 atom stereocenters. The van der Waals surface area contributed by atoms with Crippen LogP contribution in [0.5, 0.6) is 0 Å². The summed E-state index contributed by atoms with van der Waals surface area (Å²) >= 11 is 6.51. The molecule has 5 aliphatic rings. The van der Waals surface area contributed by atoms with Crippen molar-refractivity contribution in [3.8, 4) is 0 Å². The van der Waals surface area contributed by atoms with Gasteiger partial charge in [0.25, 0.3) is 0 Å². The summed E-state index contributed by atoms with van der Waals surface area (Å²) in [5.74, 6) is -1.75. The van der Waals surface area contributed by atoms with Gasteiger partial charge >= 0.3 is 11.9 Å². The first-order chi connectivity index (χ1) is 13.8. The molecule has 10 heteroatoms. The highest BCUT2D eigenvalue weighted by Gasteiger charge is 2.85. The van der Waals surface area contributed by atoms with Crippen LogP contribution in [0.1, 0.15) is 27.2 Å². The molecule has 0 aromatic heterocycles. The van der Waals surface area contributed by atoms with Crippen molar-refractivity contribution in [3.63, 3.8) is 0 Å². The van der Waals surface area contributed by atoms with Crippen molar-refractivity contribution >= 4 is 34.3 Å².